The fourth-order valence-corrected chi connectivity index (χ4v) is 1.96. The second-order valence-corrected chi connectivity index (χ2v) is 4.27. The SMILES string of the molecule is CC1(C(F)(F)F)NC(O)c2ccc(Cl)c(=O)n21. The van der Waals surface area contributed by atoms with Gasteiger partial charge in [0.2, 0.25) is 0 Å². The van der Waals surface area contributed by atoms with Gasteiger partial charge in [-0.1, -0.05) is 11.6 Å². The van der Waals surface area contributed by atoms with Gasteiger partial charge in [-0.2, -0.15) is 13.2 Å². The summed E-state index contributed by atoms with van der Waals surface area (Å²) in [5.41, 5.74) is -3.82. The van der Waals surface area contributed by atoms with E-state index in [1.54, 1.807) is 0 Å². The lowest BCUT2D eigenvalue weighted by Crippen LogP contribution is -2.55. The first-order chi connectivity index (χ1) is 7.68. The summed E-state index contributed by atoms with van der Waals surface area (Å²) >= 11 is 5.51. The zero-order valence-electron chi connectivity index (χ0n) is 8.55. The standard InChI is InChI=1S/C9H8ClF3N2O2/c1-8(9(11,12)13)14-6(16)5-3-2-4(10)7(17)15(5)8/h2-3,6,14,16H,1H3. The second-order valence-electron chi connectivity index (χ2n) is 3.86. The maximum Gasteiger partial charge on any atom is 0.425 e. The summed E-state index contributed by atoms with van der Waals surface area (Å²) in [4.78, 5) is 11.6. The Labute approximate surface area is 98.6 Å². The third-order valence-corrected chi connectivity index (χ3v) is 3.05. The number of aromatic nitrogens is 1. The summed E-state index contributed by atoms with van der Waals surface area (Å²) in [5, 5.41) is 11.1. The van der Waals surface area contributed by atoms with E-state index >= 15 is 0 Å². The van der Waals surface area contributed by atoms with E-state index in [-0.39, 0.29) is 10.7 Å². The molecule has 4 nitrogen and oxygen atoms in total. The van der Waals surface area contributed by atoms with Crippen LogP contribution in [0.2, 0.25) is 5.02 Å². The molecule has 17 heavy (non-hydrogen) atoms. The third kappa shape index (κ3) is 1.57. The summed E-state index contributed by atoms with van der Waals surface area (Å²) in [5.74, 6) is 0. The lowest BCUT2D eigenvalue weighted by atomic mass is 10.2. The maximum atomic E-state index is 12.9. The normalized spacial score (nSPS) is 28.2. The molecule has 1 aliphatic rings. The van der Waals surface area contributed by atoms with Gasteiger partial charge < -0.3 is 5.11 Å². The molecule has 0 amide bonds. The molecule has 2 rings (SSSR count). The van der Waals surface area contributed by atoms with Crippen molar-refractivity contribution >= 4 is 11.6 Å². The molecule has 0 radical (unpaired) electrons. The Bertz CT molecular complexity index is 528. The van der Waals surface area contributed by atoms with Crippen molar-refractivity contribution in [1.29, 1.82) is 0 Å². The van der Waals surface area contributed by atoms with Crippen LogP contribution < -0.4 is 10.9 Å². The summed E-state index contributed by atoms with van der Waals surface area (Å²) < 4.78 is 39.2. The fourth-order valence-electron chi connectivity index (χ4n) is 1.82. The minimum absolute atomic E-state index is 0.167. The lowest BCUT2D eigenvalue weighted by molar-refractivity contribution is -0.220. The molecule has 0 fully saturated rings. The van der Waals surface area contributed by atoms with E-state index in [1.165, 1.54) is 6.07 Å². The predicted molar refractivity (Wildman–Crippen MR) is 53.5 cm³/mol. The van der Waals surface area contributed by atoms with E-state index in [9.17, 15) is 23.1 Å². The second kappa shape index (κ2) is 3.47. The molecular formula is C9H8ClF3N2O2. The van der Waals surface area contributed by atoms with Gasteiger partial charge in [0.05, 0.1) is 5.69 Å². The van der Waals surface area contributed by atoms with Crippen molar-refractivity contribution in [3.8, 4) is 0 Å². The van der Waals surface area contributed by atoms with E-state index in [0.29, 0.717) is 4.57 Å². The summed E-state index contributed by atoms with van der Waals surface area (Å²) in [6, 6.07) is 2.33. The fraction of sp³-hybridized carbons (Fsp3) is 0.444. The number of halogens is 4. The van der Waals surface area contributed by atoms with Gasteiger partial charge in [-0.25, -0.2) is 0 Å². The van der Waals surface area contributed by atoms with Gasteiger partial charge in [0.1, 0.15) is 11.3 Å². The number of hydrogen-bond acceptors (Lipinski definition) is 3. The van der Waals surface area contributed by atoms with Crippen molar-refractivity contribution in [2.75, 3.05) is 0 Å². The number of nitrogens with one attached hydrogen (secondary N) is 1. The van der Waals surface area contributed by atoms with Crippen LogP contribution in [0.3, 0.4) is 0 Å². The highest BCUT2D eigenvalue weighted by Crippen LogP contribution is 2.40. The molecule has 8 heteroatoms. The number of rotatable bonds is 0. The monoisotopic (exact) mass is 268 g/mol. The summed E-state index contributed by atoms with van der Waals surface area (Å²) in [7, 11) is 0. The Balaban J connectivity index is 2.77. The van der Waals surface area contributed by atoms with Crippen LogP contribution in [-0.4, -0.2) is 15.8 Å². The van der Waals surface area contributed by atoms with Crippen LogP contribution in [-0.2, 0) is 5.66 Å². The highest BCUT2D eigenvalue weighted by Gasteiger charge is 2.58. The first kappa shape index (κ1) is 12.4. The van der Waals surface area contributed by atoms with Crippen LogP contribution in [0.5, 0.6) is 0 Å². The van der Waals surface area contributed by atoms with Crippen LogP contribution in [0.1, 0.15) is 18.8 Å². The Morgan fingerprint density at radius 2 is 2.12 bits per heavy atom. The smallest absolute Gasteiger partial charge is 0.373 e. The number of aliphatic hydroxyl groups excluding tert-OH is 1. The zero-order chi connectivity index (χ0) is 13.0. The topological polar surface area (TPSA) is 54.3 Å². The van der Waals surface area contributed by atoms with E-state index in [1.807, 2.05) is 5.32 Å². The Kier molecular flexibility index (Phi) is 2.53. The molecule has 0 saturated carbocycles. The lowest BCUT2D eigenvalue weighted by Gasteiger charge is -2.29. The van der Waals surface area contributed by atoms with Crippen molar-refractivity contribution in [2.45, 2.75) is 25.0 Å². The van der Waals surface area contributed by atoms with Gasteiger partial charge in [-0.15, -0.1) is 0 Å². The predicted octanol–water partition coefficient (Wildman–Crippen LogP) is 1.33. The largest absolute Gasteiger partial charge is 0.425 e. The van der Waals surface area contributed by atoms with Crippen LogP contribution in [0.4, 0.5) is 13.2 Å². The molecule has 2 N–H and O–H groups in total. The third-order valence-electron chi connectivity index (χ3n) is 2.76. The quantitative estimate of drug-likeness (QED) is 0.746. The molecule has 0 spiro atoms. The Morgan fingerprint density at radius 3 is 2.65 bits per heavy atom. The molecular weight excluding hydrogens is 261 g/mol. The summed E-state index contributed by atoms with van der Waals surface area (Å²) in [6.45, 7) is 0.768. The van der Waals surface area contributed by atoms with Gasteiger partial charge in [0, 0.05) is 0 Å². The number of fused-ring (bicyclic) bond motifs is 1. The van der Waals surface area contributed by atoms with Crippen molar-refractivity contribution in [3.05, 3.63) is 33.2 Å². The molecule has 2 unspecified atom stereocenters. The van der Waals surface area contributed by atoms with Crippen molar-refractivity contribution in [2.24, 2.45) is 0 Å². The molecule has 1 aliphatic heterocycles. The number of alkyl halides is 3. The Hall–Kier alpha value is -1.05. The number of hydrogen-bond donors (Lipinski definition) is 2. The number of nitrogens with zero attached hydrogens (tertiary/aromatic N) is 1. The molecule has 0 saturated heterocycles. The van der Waals surface area contributed by atoms with Crippen LogP contribution in [0.15, 0.2) is 16.9 Å². The first-order valence-electron chi connectivity index (χ1n) is 4.63. The number of aliphatic hydroxyl groups is 1. The highest BCUT2D eigenvalue weighted by molar-refractivity contribution is 6.30. The first-order valence-corrected chi connectivity index (χ1v) is 5.01. The van der Waals surface area contributed by atoms with E-state index in [0.717, 1.165) is 13.0 Å². The van der Waals surface area contributed by atoms with Gasteiger partial charge >= 0.3 is 6.18 Å². The van der Waals surface area contributed by atoms with Gasteiger partial charge in [-0.05, 0) is 19.1 Å². The van der Waals surface area contributed by atoms with Crippen LogP contribution in [0, 0.1) is 0 Å². The minimum atomic E-state index is -4.74. The molecule has 2 heterocycles. The molecule has 0 aliphatic carbocycles. The van der Waals surface area contributed by atoms with Gasteiger partial charge in [-0.3, -0.25) is 14.7 Å². The van der Waals surface area contributed by atoms with E-state index < -0.39 is 23.6 Å². The average Bonchev–Trinajstić information content (AvgIpc) is 2.45. The Morgan fingerprint density at radius 1 is 1.53 bits per heavy atom. The minimum Gasteiger partial charge on any atom is -0.373 e. The maximum absolute atomic E-state index is 12.9. The molecule has 0 aromatic carbocycles. The van der Waals surface area contributed by atoms with Crippen molar-refractivity contribution in [1.82, 2.24) is 9.88 Å². The van der Waals surface area contributed by atoms with Crippen molar-refractivity contribution < 1.29 is 18.3 Å². The molecule has 1 aromatic rings. The van der Waals surface area contributed by atoms with Crippen molar-refractivity contribution in [3.63, 3.8) is 0 Å². The van der Waals surface area contributed by atoms with E-state index in [4.69, 9.17) is 11.6 Å². The molecule has 1 aromatic heterocycles. The number of pyridine rings is 1. The van der Waals surface area contributed by atoms with Gasteiger partial charge in [0.25, 0.3) is 5.56 Å². The van der Waals surface area contributed by atoms with E-state index in [2.05, 4.69) is 0 Å². The zero-order valence-corrected chi connectivity index (χ0v) is 9.30. The average molecular weight is 269 g/mol. The molecule has 2 atom stereocenters. The highest BCUT2D eigenvalue weighted by atomic mass is 35.5. The summed E-state index contributed by atoms with van der Waals surface area (Å²) in [6.07, 6.45) is -6.31. The molecule has 94 valence electrons. The van der Waals surface area contributed by atoms with Gasteiger partial charge in [0.15, 0.2) is 5.66 Å². The van der Waals surface area contributed by atoms with Crippen LogP contribution >= 0.6 is 11.6 Å². The molecule has 0 bridgehead atoms. The van der Waals surface area contributed by atoms with Crippen LogP contribution in [0.25, 0.3) is 0 Å².